The predicted molar refractivity (Wildman–Crippen MR) is 53.5 cm³/mol. The number of nitrogens with zero attached hydrogens (tertiary/aromatic N) is 1. The molecule has 1 heterocycles. The van der Waals surface area contributed by atoms with Crippen LogP contribution < -0.4 is 11.5 Å². The highest BCUT2D eigenvalue weighted by atomic mass is 16.3. The van der Waals surface area contributed by atoms with Crippen LogP contribution in [0.25, 0.3) is 0 Å². The molecule has 5 nitrogen and oxygen atoms in total. The quantitative estimate of drug-likeness (QED) is 0.526. The van der Waals surface area contributed by atoms with E-state index in [-0.39, 0.29) is 6.04 Å². The Labute approximate surface area is 84.0 Å². The third-order valence-electron chi connectivity index (χ3n) is 2.92. The number of rotatable bonds is 3. The van der Waals surface area contributed by atoms with Crippen molar-refractivity contribution in [3.05, 3.63) is 0 Å². The van der Waals surface area contributed by atoms with Gasteiger partial charge in [0.2, 0.25) is 0 Å². The number of primary amides is 1. The summed E-state index contributed by atoms with van der Waals surface area (Å²) in [5.74, 6) is -0.633. The summed E-state index contributed by atoms with van der Waals surface area (Å²) in [6.07, 6.45) is 1.24. The van der Waals surface area contributed by atoms with Gasteiger partial charge in [-0.1, -0.05) is 0 Å². The monoisotopic (exact) mass is 201 g/mol. The minimum absolute atomic E-state index is 0.182. The van der Waals surface area contributed by atoms with Crippen LogP contribution in [0.3, 0.4) is 0 Å². The molecule has 5 heteroatoms. The Bertz CT molecular complexity index is 222. The summed E-state index contributed by atoms with van der Waals surface area (Å²) in [5.41, 5.74) is 9.33. The zero-order valence-corrected chi connectivity index (χ0v) is 8.57. The van der Waals surface area contributed by atoms with Gasteiger partial charge in [0.25, 0.3) is 5.91 Å². The van der Waals surface area contributed by atoms with Crippen molar-refractivity contribution >= 4 is 5.91 Å². The Balaban J connectivity index is 2.64. The molecular weight excluding hydrogens is 182 g/mol. The van der Waals surface area contributed by atoms with E-state index in [1.165, 1.54) is 0 Å². The van der Waals surface area contributed by atoms with Crippen LogP contribution >= 0.6 is 0 Å². The molecule has 14 heavy (non-hydrogen) atoms. The van der Waals surface area contributed by atoms with Gasteiger partial charge >= 0.3 is 0 Å². The van der Waals surface area contributed by atoms with Gasteiger partial charge in [-0.3, -0.25) is 9.69 Å². The zero-order valence-electron chi connectivity index (χ0n) is 8.57. The number of hydrogen-bond donors (Lipinski definition) is 3. The van der Waals surface area contributed by atoms with Gasteiger partial charge in [-0.05, 0) is 26.3 Å². The number of nitrogens with two attached hydrogens (primary N) is 2. The number of carbonyl (C=O) groups is 1. The van der Waals surface area contributed by atoms with Crippen LogP contribution in [0.1, 0.15) is 19.8 Å². The van der Waals surface area contributed by atoms with Crippen molar-refractivity contribution in [2.75, 3.05) is 19.6 Å². The van der Waals surface area contributed by atoms with E-state index in [1.54, 1.807) is 0 Å². The summed E-state index contributed by atoms with van der Waals surface area (Å²) in [6.45, 7) is 3.68. The number of likely N-dealkylation sites (tertiary alicyclic amines) is 1. The molecule has 1 aliphatic heterocycles. The number of β-amino-alcohol motifs (C(OH)–C–C–N with tert-alkyl or cyclic N) is 1. The zero-order chi connectivity index (χ0) is 10.8. The Morgan fingerprint density at radius 2 is 2.36 bits per heavy atom. The molecule has 1 saturated heterocycles. The lowest BCUT2D eigenvalue weighted by molar-refractivity contribution is -0.142. The topological polar surface area (TPSA) is 92.6 Å². The van der Waals surface area contributed by atoms with Crippen LogP contribution in [-0.4, -0.2) is 47.2 Å². The molecular formula is C9H19N3O2. The van der Waals surface area contributed by atoms with E-state index >= 15 is 0 Å². The fourth-order valence-corrected chi connectivity index (χ4v) is 1.80. The van der Waals surface area contributed by atoms with Crippen LogP contribution in [0.15, 0.2) is 0 Å². The molecule has 0 aromatic rings. The number of amides is 1. The molecule has 2 atom stereocenters. The maximum absolute atomic E-state index is 11.0. The van der Waals surface area contributed by atoms with E-state index in [9.17, 15) is 9.90 Å². The second-order valence-electron chi connectivity index (χ2n) is 4.05. The number of hydrogen-bond acceptors (Lipinski definition) is 4. The van der Waals surface area contributed by atoms with Crippen molar-refractivity contribution in [2.45, 2.75) is 31.4 Å². The highest BCUT2D eigenvalue weighted by Crippen LogP contribution is 2.21. The molecule has 1 amide bonds. The highest BCUT2D eigenvalue weighted by molar-refractivity contribution is 5.83. The molecule has 5 N–H and O–H groups in total. The third-order valence-corrected chi connectivity index (χ3v) is 2.92. The first kappa shape index (κ1) is 11.4. The fraction of sp³-hybridized carbons (Fsp3) is 0.889. The summed E-state index contributed by atoms with van der Waals surface area (Å²) in [7, 11) is 0. The molecule has 82 valence electrons. The summed E-state index contributed by atoms with van der Waals surface area (Å²) in [6, 6.07) is 0.182. The average molecular weight is 201 g/mol. The second-order valence-corrected chi connectivity index (χ2v) is 4.05. The van der Waals surface area contributed by atoms with Crippen molar-refractivity contribution in [2.24, 2.45) is 11.5 Å². The summed E-state index contributed by atoms with van der Waals surface area (Å²) >= 11 is 0. The smallest absolute Gasteiger partial charge is 0.250 e. The van der Waals surface area contributed by atoms with Crippen LogP contribution in [0.2, 0.25) is 0 Å². The summed E-state index contributed by atoms with van der Waals surface area (Å²) in [4.78, 5) is 13.1. The Morgan fingerprint density at radius 1 is 1.71 bits per heavy atom. The van der Waals surface area contributed by atoms with E-state index in [4.69, 9.17) is 11.5 Å². The van der Waals surface area contributed by atoms with Gasteiger partial charge in [-0.2, -0.15) is 0 Å². The lowest BCUT2D eigenvalue weighted by Crippen LogP contribution is -2.58. The fourth-order valence-electron chi connectivity index (χ4n) is 1.80. The number of piperidine rings is 1. The van der Waals surface area contributed by atoms with Crippen molar-refractivity contribution in [3.63, 3.8) is 0 Å². The van der Waals surface area contributed by atoms with Crippen molar-refractivity contribution in [1.82, 2.24) is 4.90 Å². The SMILES string of the molecule is CC(CN)N1CCCC(O)(C(N)=O)C1. The lowest BCUT2D eigenvalue weighted by Gasteiger charge is -2.39. The van der Waals surface area contributed by atoms with E-state index in [2.05, 4.69) is 0 Å². The van der Waals surface area contributed by atoms with Gasteiger partial charge in [0.05, 0.1) is 0 Å². The van der Waals surface area contributed by atoms with Gasteiger partial charge in [0.15, 0.2) is 5.60 Å². The molecule has 2 unspecified atom stereocenters. The highest BCUT2D eigenvalue weighted by Gasteiger charge is 2.39. The molecule has 0 aliphatic carbocycles. The van der Waals surface area contributed by atoms with Gasteiger partial charge in [-0.15, -0.1) is 0 Å². The number of carbonyl (C=O) groups excluding carboxylic acids is 1. The molecule has 0 radical (unpaired) electrons. The molecule has 1 fully saturated rings. The molecule has 0 aromatic heterocycles. The standard InChI is InChI=1S/C9H19N3O2/c1-7(5-10)12-4-2-3-9(14,6-12)8(11)13/h7,14H,2-6,10H2,1H3,(H2,11,13). The van der Waals surface area contributed by atoms with Crippen molar-refractivity contribution in [3.8, 4) is 0 Å². The van der Waals surface area contributed by atoms with E-state index in [0.717, 1.165) is 13.0 Å². The van der Waals surface area contributed by atoms with Crippen LogP contribution in [0.4, 0.5) is 0 Å². The molecule has 0 spiro atoms. The minimum Gasteiger partial charge on any atom is -0.379 e. The van der Waals surface area contributed by atoms with Crippen molar-refractivity contribution in [1.29, 1.82) is 0 Å². The normalized spacial score (nSPS) is 31.4. The van der Waals surface area contributed by atoms with E-state index in [1.807, 2.05) is 11.8 Å². The Morgan fingerprint density at radius 3 is 2.86 bits per heavy atom. The third kappa shape index (κ3) is 2.23. The first-order valence-electron chi connectivity index (χ1n) is 4.96. The summed E-state index contributed by atoms with van der Waals surface area (Å²) < 4.78 is 0. The van der Waals surface area contributed by atoms with Gasteiger partial charge in [0, 0.05) is 19.1 Å². The lowest BCUT2D eigenvalue weighted by atomic mass is 9.91. The van der Waals surface area contributed by atoms with E-state index in [0.29, 0.717) is 19.5 Å². The molecule has 0 aromatic carbocycles. The number of aliphatic hydroxyl groups is 1. The van der Waals surface area contributed by atoms with Gasteiger partial charge in [0.1, 0.15) is 0 Å². The second kappa shape index (κ2) is 4.25. The van der Waals surface area contributed by atoms with Crippen molar-refractivity contribution < 1.29 is 9.90 Å². The molecule has 0 saturated carbocycles. The molecule has 1 rings (SSSR count). The van der Waals surface area contributed by atoms with Gasteiger partial charge < -0.3 is 16.6 Å². The first-order chi connectivity index (χ1) is 6.49. The molecule has 0 bridgehead atoms. The van der Waals surface area contributed by atoms with Gasteiger partial charge in [-0.25, -0.2) is 0 Å². The van der Waals surface area contributed by atoms with Crippen LogP contribution in [-0.2, 0) is 4.79 Å². The summed E-state index contributed by atoms with van der Waals surface area (Å²) in [5, 5.41) is 9.91. The Hall–Kier alpha value is -0.650. The largest absolute Gasteiger partial charge is 0.379 e. The minimum atomic E-state index is -1.36. The average Bonchev–Trinajstić information content (AvgIpc) is 2.16. The predicted octanol–water partition coefficient (Wildman–Crippen LogP) is -1.35. The maximum atomic E-state index is 11.0. The van der Waals surface area contributed by atoms with E-state index < -0.39 is 11.5 Å². The van der Waals surface area contributed by atoms with Crippen LogP contribution in [0.5, 0.6) is 0 Å². The van der Waals surface area contributed by atoms with Crippen LogP contribution in [0, 0.1) is 0 Å². The Kier molecular flexibility index (Phi) is 3.47. The maximum Gasteiger partial charge on any atom is 0.250 e. The molecule has 1 aliphatic rings. The first-order valence-corrected chi connectivity index (χ1v) is 4.96.